The number of β-amino-alcohol motifs (C(OH)–C–C–N with tert-alkyl or cyclic N) is 1. The zero-order valence-corrected chi connectivity index (χ0v) is 25.2. The molecule has 2 N–H and O–H groups in total. The summed E-state index contributed by atoms with van der Waals surface area (Å²) in [6.45, 7) is 6.18. The van der Waals surface area contributed by atoms with E-state index in [1.54, 1.807) is 25.4 Å². The maximum atomic E-state index is 13.1. The zero-order chi connectivity index (χ0) is 30.5. The summed E-state index contributed by atoms with van der Waals surface area (Å²) in [5.41, 5.74) is 8.00. The number of hydrogen-bond donors (Lipinski definition) is 2. The molecule has 1 aliphatic rings. The number of carbonyl (C=O) groups excluding carboxylic acids is 2. The fourth-order valence-corrected chi connectivity index (χ4v) is 5.64. The molecule has 220 valence electrons. The van der Waals surface area contributed by atoms with Gasteiger partial charge >= 0.3 is 0 Å². The van der Waals surface area contributed by atoms with Gasteiger partial charge in [0.2, 0.25) is 0 Å². The van der Waals surface area contributed by atoms with Crippen LogP contribution in [-0.2, 0) is 6.54 Å². The number of rotatable bonds is 9. The highest BCUT2D eigenvalue weighted by atomic mass is 35.5. The lowest BCUT2D eigenvalue weighted by molar-refractivity contribution is 0.102. The van der Waals surface area contributed by atoms with Crippen LogP contribution < -0.4 is 10.1 Å². The number of aldehydes is 1. The Kier molecular flexibility index (Phi) is 9.36. The number of benzene rings is 3. The van der Waals surface area contributed by atoms with Gasteiger partial charge in [0.15, 0.2) is 6.29 Å². The molecule has 4 aromatic rings. The number of carbonyl (C=O) groups is 2. The van der Waals surface area contributed by atoms with E-state index in [0.29, 0.717) is 40.8 Å². The number of halogens is 1. The summed E-state index contributed by atoms with van der Waals surface area (Å²) >= 11 is 6.87. The first-order valence-corrected chi connectivity index (χ1v) is 14.5. The number of anilines is 1. The highest BCUT2D eigenvalue weighted by Gasteiger charge is 2.20. The molecule has 5 rings (SSSR count). The number of aliphatic hydroxyl groups excluding tert-OH is 1. The summed E-state index contributed by atoms with van der Waals surface area (Å²) in [6.07, 6.45) is 7.03. The van der Waals surface area contributed by atoms with Crippen LogP contribution in [0.15, 0.2) is 66.9 Å². The number of amides is 1. The zero-order valence-electron chi connectivity index (χ0n) is 24.4. The van der Waals surface area contributed by atoms with Crippen LogP contribution in [0.5, 0.6) is 5.75 Å². The van der Waals surface area contributed by atoms with Crippen molar-refractivity contribution in [2.75, 3.05) is 25.5 Å². The summed E-state index contributed by atoms with van der Waals surface area (Å²) in [4.78, 5) is 31.0. The fraction of sp³-hybridized carbons (Fsp3) is 0.229. The SMILES string of the molecule is COc1cc(/C=C/c2cccc(-c3cccc(NC(=O)c4ccc(CN5CC[C@@H](O)C5)cn4)c3Cl)c2C)c(C)cc1C=O. The Balaban J connectivity index is 1.34. The van der Waals surface area contributed by atoms with Crippen LogP contribution in [0.4, 0.5) is 5.69 Å². The van der Waals surface area contributed by atoms with E-state index in [-0.39, 0.29) is 12.0 Å². The van der Waals surface area contributed by atoms with Gasteiger partial charge in [-0.1, -0.05) is 60.2 Å². The summed E-state index contributed by atoms with van der Waals surface area (Å²) in [7, 11) is 1.55. The Morgan fingerprint density at radius 1 is 1.07 bits per heavy atom. The number of hydrogen-bond acceptors (Lipinski definition) is 6. The molecule has 0 bridgehead atoms. The van der Waals surface area contributed by atoms with E-state index in [9.17, 15) is 14.7 Å². The molecule has 0 unspecified atom stereocenters. The maximum Gasteiger partial charge on any atom is 0.274 e. The van der Waals surface area contributed by atoms with E-state index < -0.39 is 0 Å². The highest BCUT2D eigenvalue weighted by Crippen LogP contribution is 2.37. The molecule has 0 spiro atoms. The van der Waals surface area contributed by atoms with Gasteiger partial charge in [-0.25, -0.2) is 0 Å². The van der Waals surface area contributed by atoms with Gasteiger partial charge in [0.05, 0.1) is 29.5 Å². The lowest BCUT2D eigenvalue weighted by Gasteiger charge is -2.15. The van der Waals surface area contributed by atoms with Gasteiger partial charge < -0.3 is 15.2 Å². The van der Waals surface area contributed by atoms with E-state index in [1.807, 2.05) is 74.5 Å². The van der Waals surface area contributed by atoms with Crippen LogP contribution in [0.25, 0.3) is 23.3 Å². The van der Waals surface area contributed by atoms with E-state index in [4.69, 9.17) is 16.3 Å². The first-order chi connectivity index (χ1) is 20.8. The smallest absolute Gasteiger partial charge is 0.274 e. The molecule has 3 aromatic carbocycles. The topological polar surface area (TPSA) is 91.8 Å². The quantitative estimate of drug-likeness (QED) is 0.163. The van der Waals surface area contributed by atoms with Gasteiger partial charge in [-0.15, -0.1) is 0 Å². The minimum atomic E-state index is -0.345. The third-order valence-corrected chi connectivity index (χ3v) is 8.22. The molecular weight excluding hydrogens is 562 g/mol. The van der Waals surface area contributed by atoms with Crippen molar-refractivity contribution in [3.8, 4) is 16.9 Å². The van der Waals surface area contributed by atoms with Crippen molar-refractivity contribution in [3.05, 3.63) is 111 Å². The molecule has 1 aliphatic heterocycles. The van der Waals surface area contributed by atoms with Crippen molar-refractivity contribution in [2.45, 2.75) is 32.9 Å². The van der Waals surface area contributed by atoms with Gasteiger partial charge in [-0.3, -0.25) is 19.5 Å². The Morgan fingerprint density at radius 3 is 2.53 bits per heavy atom. The Labute approximate surface area is 256 Å². The number of nitrogens with zero attached hydrogens (tertiary/aromatic N) is 2. The van der Waals surface area contributed by atoms with Crippen LogP contribution in [0, 0.1) is 13.8 Å². The Bertz CT molecular complexity index is 1680. The third-order valence-electron chi connectivity index (χ3n) is 7.81. The number of likely N-dealkylation sites (tertiary alicyclic amines) is 1. The molecule has 1 amide bonds. The van der Waals surface area contributed by atoms with Crippen LogP contribution in [-0.4, -0.2) is 53.5 Å². The molecule has 43 heavy (non-hydrogen) atoms. The number of aromatic nitrogens is 1. The van der Waals surface area contributed by atoms with Gasteiger partial charge in [0, 0.05) is 31.4 Å². The van der Waals surface area contributed by atoms with E-state index in [2.05, 4.69) is 15.2 Å². The molecule has 8 heteroatoms. The van der Waals surface area contributed by atoms with Crippen molar-refractivity contribution in [3.63, 3.8) is 0 Å². The van der Waals surface area contributed by atoms with Crippen LogP contribution >= 0.6 is 11.6 Å². The highest BCUT2D eigenvalue weighted by molar-refractivity contribution is 6.36. The minimum Gasteiger partial charge on any atom is -0.496 e. The molecule has 1 atom stereocenters. The Morgan fingerprint density at radius 2 is 1.84 bits per heavy atom. The van der Waals surface area contributed by atoms with Gasteiger partial charge in [-0.2, -0.15) is 0 Å². The molecule has 1 fully saturated rings. The lowest BCUT2D eigenvalue weighted by Crippen LogP contribution is -2.21. The third kappa shape index (κ3) is 6.86. The average molecular weight is 596 g/mol. The van der Waals surface area contributed by atoms with Crippen molar-refractivity contribution in [1.29, 1.82) is 0 Å². The molecule has 7 nitrogen and oxygen atoms in total. The molecule has 1 saturated heterocycles. The molecule has 2 heterocycles. The maximum absolute atomic E-state index is 13.1. The Hall–Kier alpha value is -4.30. The molecule has 0 saturated carbocycles. The van der Waals surface area contributed by atoms with E-state index >= 15 is 0 Å². The molecule has 0 aliphatic carbocycles. The minimum absolute atomic E-state index is 0.275. The number of nitrogens with one attached hydrogen (secondary N) is 1. The predicted octanol–water partition coefficient (Wildman–Crippen LogP) is 6.83. The van der Waals surface area contributed by atoms with Crippen molar-refractivity contribution < 1.29 is 19.4 Å². The van der Waals surface area contributed by atoms with Gasteiger partial charge in [0.1, 0.15) is 11.4 Å². The molecular formula is C35H34ClN3O4. The fourth-order valence-electron chi connectivity index (χ4n) is 5.37. The van der Waals surface area contributed by atoms with Gasteiger partial charge in [0.25, 0.3) is 5.91 Å². The second-order valence-electron chi connectivity index (χ2n) is 10.8. The number of ether oxygens (including phenoxy) is 1. The van der Waals surface area contributed by atoms with E-state index in [0.717, 1.165) is 58.2 Å². The summed E-state index contributed by atoms with van der Waals surface area (Å²) in [5, 5.41) is 13.1. The van der Waals surface area contributed by atoms with Crippen molar-refractivity contribution >= 4 is 41.6 Å². The standard InChI is InChI=1S/C35H34ClN3O4/c1-22-16-27(21-40)33(43-3)17-26(22)12-11-25-6-4-7-29(23(25)2)30-8-5-9-31(34(30)36)38-35(42)32-13-10-24(18-37-32)19-39-15-14-28(41)20-39/h4-13,16-18,21,28,41H,14-15,19-20H2,1-3H3,(H,38,42)/b12-11+/t28-/m1/s1. The summed E-state index contributed by atoms with van der Waals surface area (Å²) in [6, 6.07) is 18.9. The second-order valence-corrected chi connectivity index (χ2v) is 11.2. The van der Waals surface area contributed by atoms with Crippen molar-refractivity contribution in [2.24, 2.45) is 0 Å². The lowest BCUT2D eigenvalue weighted by atomic mass is 9.95. The molecule has 1 aromatic heterocycles. The summed E-state index contributed by atoms with van der Waals surface area (Å²) < 4.78 is 5.37. The predicted molar refractivity (Wildman–Crippen MR) is 172 cm³/mol. The van der Waals surface area contributed by atoms with E-state index in [1.165, 1.54) is 0 Å². The number of aryl methyl sites for hydroxylation is 1. The molecule has 0 radical (unpaired) electrons. The van der Waals surface area contributed by atoms with Crippen LogP contribution in [0.1, 0.15) is 55.1 Å². The largest absolute Gasteiger partial charge is 0.496 e. The summed E-state index contributed by atoms with van der Waals surface area (Å²) in [5.74, 6) is 0.187. The van der Waals surface area contributed by atoms with Crippen LogP contribution in [0.2, 0.25) is 5.02 Å². The average Bonchev–Trinajstić information content (AvgIpc) is 3.42. The normalized spacial score (nSPS) is 15.1. The number of methoxy groups -OCH3 is 1. The monoisotopic (exact) mass is 595 g/mol. The number of pyridine rings is 1. The van der Waals surface area contributed by atoms with Gasteiger partial charge in [-0.05, 0) is 77.9 Å². The first kappa shape index (κ1) is 30.2. The van der Waals surface area contributed by atoms with Crippen molar-refractivity contribution in [1.82, 2.24) is 9.88 Å². The second kappa shape index (κ2) is 13.3. The van der Waals surface area contributed by atoms with Crippen LogP contribution in [0.3, 0.4) is 0 Å². The number of aliphatic hydroxyl groups is 1. The first-order valence-electron chi connectivity index (χ1n) is 14.1.